The molecule has 0 aliphatic rings. The van der Waals surface area contributed by atoms with Gasteiger partial charge in [-0.25, -0.2) is 8.42 Å². The zero-order chi connectivity index (χ0) is 47.5. The molecule has 2 N–H and O–H groups in total. The van der Waals surface area contributed by atoms with Gasteiger partial charge in [0.05, 0.1) is 159 Å². The molecule has 0 aromatic carbocycles. The number of hydrogen-bond donors (Lipinski definition) is 1. The van der Waals surface area contributed by atoms with Crippen molar-refractivity contribution in [2.24, 2.45) is 22.0 Å². The smallest absolute Gasteiger partial charge is 0.312 e. The Bertz CT molecular complexity index is 1310. The number of ether oxygens (including phenoxy) is 12. The normalized spacial score (nSPS) is 14.3. The molecule has 0 aliphatic carbocycles. The maximum atomic E-state index is 13.5. The summed E-state index contributed by atoms with van der Waals surface area (Å²) in [6, 6.07) is 0. The average molecular weight is 935 g/mol. The Balaban J connectivity index is 4.40. The molecule has 2 unspecified atom stereocenters. The van der Waals surface area contributed by atoms with E-state index in [-0.39, 0.29) is 58.8 Å². The second kappa shape index (κ2) is 35.1. The molecule has 0 amide bonds. The highest BCUT2D eigenvalue weighted by molar-refractivity contribution is 7.85. The Labute approximate surface area is 376 Å². The van der Waals surface area contributed by atoms with Crippen LogP contribution in [0, 0.1) is 16.2 Å². The van der Waals surface area contributed by atoms with E-state index in [1.807, 2.05) is 21.0 Å². The summed E-state index contributed by atoms with van der Waals surface area (Å²) in [6.45, 7) is 16.8. The van der Waals surface area contributed by atoms with Crippen molar-refractivity contribution in [1.29, 1.82) is 0 Å². The lowest BCUT2D eigenvalue weighted by molar-refractivity contribution is -0.890. The van der Waals surface area contributed by atoms with Gasteiger partial charge >= 0.3 is 17.9 Å². The van der Waals surface area contributed by atoms with E-state index in [1.54, 1.807) is 34.8 Å². The fraction of sp³-hybridized carbons (Fsp3) is 0.929. The highest BCUT2D eigenvalue weighted by Crippen LogP contribution is 2.45. The molecule has 374 valence electrons. The summed E-state index contributed by atoms with van der Waals surface area (Å²) in [5.74, 6) is -2.12. The molecule has 0 rings (SSSR count). The van der Waals surface area contributed by atoms with Crippen LogP contribution in [-0.4, -0.2) is 214 Å². The minimum Gasteiger partial charge on any atom is -0.748 e. The lowest BCUT2D eigenvalue weighted by Crippen LogP contribution is -2.46. The van der Waals surface area contributed by atoms with E-state index in [9.17, 15) is 27.4 Å². The first-order valence-electron chi connectivity index (χ1n) is 21.9. The minimum atomic E-state index is -4.31. The van der Waals surface area contributed by atoms with Gasteiger partial charge in [0.1, 0.15) is 26.4 Å². The summed E-state index contributed by atoms with van der Waals surface area (Å²) >= 11 is 0. The van der Waals surface area contributed by atoms with Gasteiger partial charge in [-0.15, -0.1) is 0 Å². The molecule has 2 atom stereocenters. The summed E-state index contributed by atoms with van der Waals surface area (Å²) in [7, 11) is 1.01. The van der Waals surface area contributed by atoms with Crippen LogP contribution in [0.5, 0.6) is 0 Å². The average Bonchev–Trinajstić information content (AvgIpc) is 3.21. The van der Waals surface area contributed by atoms with Crippen molar-refractivity contribution >= 4 is 28.0 Å². The number of rotatable bonds is 44. The molecule has 20 nitrogen and oxygen atoms in total. The molecule has 0 fully saturated rings. The van der Waals surface area contributed by atoms with Crippen LogP contribution < -0.4 is 5.73 Å². The molecule has 0 heterocycles. The molecule has 0 aromatic heterocycles. The lowest BCUT2D eigenvalue weighted by Gasteiger charge is -2.39. The number of esters is 3. The van der Waals surface area contributed by atoms with Gasteiger partial charge in [-0.2, -0.15) is 0 Å². The number of nitrogens with zero attached hydrogens (tertiary/aromatic N) is 1. The summed E-state index contributed by atoms with van der Waals surface area (Å²) in [6.07, 6.45) is 0.549. The zero-order valence-corrected chi connectivity index (χ0v) is 40.4. The molecule has 0 bridgehead atoms. The summed E-state index contributed by atoms with van der Waals surface area (Å²) in [5.41, 5.74) is 2.04. The molecule has 0 aromatic rings. The van der Waals surface area contributed by atoms with Gasteiger partial charge in [0.25, 0.3) is 0 Å². The van der Waals surface area contributed by atoms with Crippen LogP contribution in [-0.2, 0) is 81.3 Å². The second-order valence-corrected chi connectivity index (χ2v) is 18.3. The lowest BCUT2D eigenvalue weighted by atomic mass is 9.65. The van der Waals surface area contributed by atoms with E-state index in [1.165, 1.54) is 0 Å². The van der Waals surface area contributed by atoms with Gasteiger partial charge in [0, 0.05) is 25.8 Å². The predicted octanol–water partition coefficient (Wildman–Crippen LogP) is 1.59. The topological polar surface area (TPSA) is 245 Å². The molecule has 0 spiro atoms. The predicted molar refractivity (Wildman–Crippen MR) is 231 cm³/mol. The Morgan fingerprint density at radius 2 is 0.889 bits per heavy atom. The zero-order valence-electron chi connectivity index (χ0n) is 39.6. The molecule has 0 radical (unpaired) electrons. The largest absolute Gasteiger partial charge is 0.748 e. The summed E-state index contributed by atoms with van der Waals surface area (Å²) in [4.78, 5) is 40.4. The Morgan fingerprint density at radius 3 is 1.27 bits per heavy atom. The van der Waals surface area contributed by atoms with Crippen molar-refractivity contribution in [3.63, 3.8) is 0 Å². The molecule has 0 saturated heterocycles. The van der Waals surface area contributed by atoms with Crippen molar-refractivity contribution in [2.45, 2.75) is 60.3 Å². The van der Waals surface area contributed by atoms with E-state index in [4.69, 9.17) is 62.6 Å². The van der Waals surface area contributed by atoms with Crippen LogP contribution in [0.4, 0.5) is 0 Å². The first kappa shape index (κ1) is 60.9. The maximum Gasteiger partial charge on any atom is 0.312 e. The van der Waals surface area contributed by atoms with Gasteiger partial charge in [-0.05, 0) is 47.0 Å². The van der Waals surface area contributed by atoms with Crippen LogP contribution >= 0.6 is 0 Å². The van der Waals surface area contributed by atoms with Crippen molar-refractivity contribution in [3.8, 4) is 0 Å². The van der Waals surface area contributed by atoms with Crippen molar-refractivity contribution in [2.75, 3.05) is 179 Å². The van der Waals surface area contributed by atoms with Gasteiger partial charge in [-0.3, -0.25) is 14.4 Å². The third kappa shape index (κ3) is 32.2. The van der Waals surface area contributed by atoms with E-state index in [0.29, 0.717) is 123 Å². The second-order valence-electron chi connectivity index (χ2n) is 16.8. The van der Waals surface area contributed by atoms with E-state index >= 15 is 0 Å². The van der Waals surface area contributed by atoms with E-state index in [2.05, 4.69) is 0 Å². The Morgan fingerprint density at radius 1 is 0.524 bits per heavy atom. The number of hydrogen-bond acceptors (Lipinski definition) is 19. The highest BCUT2D eigenvalue weighted by Gasteiger charge is 2.50. The molecular weight excluding hydrogens is 853 g/mol. The van der Waals surface area contributed by atoms with Crippen LogP contribution in [0.2, 0.25) is 0 Å². The van der Waals surface area contributed by atoms with Gasteiger partial charge in [0.15, 0.2) is 0 Å². The van der Waals surface area contributed by atoms with Crippen LogP contribution in [0.3, 0.4) is 0 Å². The Kier molecular flexibility index (Phi) is 33.9. The number of carbonyl (C=O) groups is 3. The first-order chi connectivity index (χ1) is 29.8. The van der Waals surface area contributed by atoms with Crippen molar-refractivity contribution in [3.05, 3.63) is 0 Å². The van der Waals surface area contributed by atoms with Crippen molar-refractivity contribution in [1.82, 2.24) is 0 Å². The molecule has 0 aliphatic heterocycles. The van der Waals surface area contributed by atoms with Crippen LogP contribution in [0.15, 0.2) is 0 Å². The fourth-order valence-electron chi connectivity index (χ4n) is 6.30. The number of nitrogens with two attached hydrogens (primary N) is 1. The van der Waals surface area contributed by atoms with Gasteiger partial charge in [0.2, 0.25) is 0 Å². The first-order valence-corrected chi connectivity index (χ1v) is 23.4. The van der Waals surface area contributed by atoms with Gasteiger partial charge < -0.3 is 71.6 Å². The molecule has 63 heavy (non-hydrogen) atoms. The minimum absolute atomic E-state index is 0.0103. The number of likely N-dealkylation sites (N-methyl/N-ethyl adjacent to an activating group) is 1. The number of carbonyl (C=O) groups excluding carboxylic acids is 3. The number of quaternary nitrogens is 1. The highest BCUT2D eigenvalue weighted by atomic mass is 32.2. The summed E-state index contributed by atoms with van der Waals surface area (Å²) in [5, 5.41) is 0. The number of methoxy groups -OCH3 is 1. The quantitative estimate of drug-likeness (QED) is 0.0300. The molecule has 0 saturated carbocycles. The molecular formula is C42H82N2O18S. The van der Waals surface area contributed by atoms with E-state index < -0.39 is 50.0 Å². The third-order valence-electron chi connectivity index (χ3n) is 9.87. The summed E-state index contributed by atoms with van der Waals surface area (Å²) < 4.78 is 98.6. The van der Waals surface area contributed by atoms with Crippen LogP contribution in [0.1, 0.15) is 60.3 Å². The molecule has 21 heteroatoms. The standard InChI is InChI=1S/C42H82N2O18S/c1-9-41(4,38(46)61-15-13-44(6,7)12-10-34-63(48,49)50)36-42(5,39(47)60-14-11-43)35-40(2,3)37(45)62-33-32-59-31-30-58-29-28-57-27-26-56-25-24-55-23-22-54-21-20-53-19-18-52-17-16-51-8/h9-36,43H2,1-8H3. The van der Waals surface area contributed by atoms with Crippen LogP contribution in [0.25, 0.3) is 0 Å². The SMILES string of the molecule is CCC(C)(CC(C)(CC(C)(C)C(=O)OCCOCCOCCOCCOCCOCCOCCOCCOCCOC)C(=O)OCCN)C(=O)OCC[N+](C)(C)CCCS(=O)(=O)[O-]. The van der Waals surface area contributed by atoms with Crippen molar-refractivity contribution < 1.29 is 88.7 Å². The third-order valence-corrected chi connectivity index (χ3v) is 10.7. The Hall–Kier alpha value is -2.12. The fourth-order valence-corrected chi connectivity index (χ4v) is 6.78. The van der Waals surface area contributed by atoms with E-state index in [0.717, 1.165) is 0 Å². The maximum absolute atomic E-state index is 13.5. The monoisotopic (exact) mass is 935 g/mol. The van der Waals surface area contributed by atoms with Gasteiger partial charge in [-0.1, -0.05) is 6.92 Å².